The van der Waals surface area contributed by atoms with Crippen molar-refractivity contribution in [3.8, 4) is 5.75 Å². The van der Waals surface area contributed by atoms with Crippen LogP contribution < -0.4 is 14.4 Å². The molecule has 7 rings (SSSR count). The number of rotatable bonds is 7. The molecular weight excluding hydrogens is 724 g/mol. The highest BCUT2D eigenvalue weighted by Crippen LogP contribution is 2.47. The normalized spacial score (nSPS) is 32.8. The lowest BCUT2D eigenvalue weighted by molar-refractivity contribution is -0.0963. The molecule has 0 radical (unpaired) electrons. The number of piperazine rings is 1. The molecule has 10 nitrogen and oxygen atoms in total. The van der Waals surface area contributed by atoms with E-state index >= 15 is 0 Å². The van der Waals surface area contributed by atoms with Crippen LogP contribution in [-0.2, 0) is 25.9 Å². The molecule has 1 amide bonds. The number of methoxy groups -OCH3 is 1. The lowest BCUT2D eigenvalue weighted by Gasteiger charge is -2.52. The molecule has 54 heavy (non-hydrogen) atoms. The number of anilines is 1. The Morgan fingerprint density at radius 2 is 1.83 bits per heavy atom. The second kappa shape index (κ2) is 16.8. The van der Waals surface area contributed by atoms with Crippen molar-refractivity contribution in [2.24, 2.45) is 17.8 Å². The van der Waals surface area contributed by atoms with Crippen molar-refractivity contribution in [2.75, 3.05) is 77.6 Å². The Balaban J connectivity index is 1.24. The molecule has 7 unspecified atom stereocenters. The van der Waals surface area contributed by atoms with Crippen molar-refractivity contribution in [1.82, 2.24) is 14.5 Å². The number of nitrogens with one attached hydrogen (secondary N) is 1. The summed E-state index contributed by atoms with van der Waals surface area (Å²) in [5.41, 5.74) is 3.05. The van der Waals surface area contributed by atoms with Crippen LogP contribution in [0.5, 0.6) is 5.75 Å². The largest absolute Gasteiger partial charge is 0.491 e. The van der Waals surface area contributed by atoms with E-state index in [2.05, 4.69) is 50.6 Å². The quantitative estimate of drug-likeness (QED) is 0.333. The highest BCUT2D eigenvalue weighted by molar-refractivity contribution is 7.90. The van der Waals surface area contributed by atoms with Crippen molar-refractivity contribution in [3.63, 3.8) is 0 Å². The molecule has 1 aliphatic carbocycles. The Morgan fingerprint density at radius 1 is 1.02 bits per heavy atom. The Labute approximate surface area is 327 Å². The van der Waals surface area contributed by atoms with Crippen molar-refractivity contribution >= 4 is 33.2 Å². The molecule has 0 aromatic heterocycles. The number of aryl methyl sites for hydroxylation is 1. The van der Waals surface area contributed by atoms with Crippen LogP contribution in [0.15, 0.2) is 48.6 Å². The third-order valence-electron chi connectivity index (χ3n) is 13.1. The molecule has 12 heteroatoms. The first-order valence-corrected chi connectivity index (χ1v) is 22.1. The number of hydrogen-bond donors (Lipinski definition) is 1. The lowest BCUT2D eigenvalue weighted by atomic mass is 9.63. The summed E-state index contributed by atoms with van der Waals surface area (Å²) < 4.78 is 48.6. The fourth-order valence-corrected chi connectivity index (χ4v) is 10.9. The van der Waals surface area contributed by atoms with Gasteiger partial charge in [0.05, 0.1) is 24.2 Å². The minimum absolute atomic E-state index is 0.0639. The molecule has 5 aliphatic rings. The third kappa shape index (κ3) is 8.37. The summed E-state index contributed by atoms with van der Waals surface area (Å²) >= 11 is 6.50. The number of sulfonamides is 1. The Bertz CT molecular complexity index is 1780. The van der Waals surface area contributed by atoms with Gasteiger partial charge in [-0.25, -0.2) is 13.1 Å². The van der Waals surface area contributed by atoms with E-state index < -0.39 is 26.8 Å². The van der Waals surface area contributed by atoms with E-state index in [1.54, 1.807) is 13.0 Å². The van der Waals surface area contributed by atoms with Gasteiger partial charge in [0, 0.05) is 82.1 Å². The predicted molar refractivity (Wildman–Crippen MR) is 214 cm³/mol. The summed E-state index contributed by atoms with van der Waals surface area (Å²) in [7, 11) is -2.11. The van der Waals surface area contributed by atoms with Crippen LogP contribution in [-0.4, -0.2) is 114 Å². The van der Waals surface area contributed by atoms with Gasteiger partial charge in [0.15, 0.2) is 0 Å². The molecule has 1 N–H and O–H groups in total. The summed E-state index contributed by atoms with van der Waals surface area (Å²) in [4.78, 5) is 21.2. The maximum atomic E-state index is 13.6. The molecule has 1 saturated carbocycles. The Hall–Kier alpha value is -2.67. The first-order chi connectivity index (χ1) is 26.0. The van der Waals surface area contributed by atoms with Crippen LogP contribution >= 0.6 is 11.6 Å². The predicted octanol–water partition coefficient (Wildman–Crippen LogP) is 6.14. The molecule has 4 heterocycles. The van der Waals surface area contributed by atoms with Gasteiger partial charge in [-0.3, -0.25) is 14.6 Å². The van der Waals surface area contributed by atoms with Gasteiger partial charge in [0.1, 0.15) is 11.4 Å². The van der Waals surface area contributed by atoms with Crippen LogP contribution in [0.3, 0.4) is 0 Å². The average Bonchev–Trinajstić information content (AvgIpc) is 3.63. The summed E-state index contributed by atoms with van der Waals surface area (Å²) in [6, 6.07) is 12.0. The average molecular weight is 783 g/mol. The number of benzene rings is 2. The highest BCUT2D eigenvalue weighted by atomic mass is 35.5. The fraction of sp³-hybridized carbons (Fsp3) is 0.643. The zero-order chi connectivity index (χ0) is 38.0. The standard InChI is InChI=1S/C42H59ClN4O6S/c1-5-7-31-22-35(43)11-12-37(31)34-25-47-24-33-9-13-38(33)42(51-4,28-45-17-19-46(20-18-45)36-15-21-52-27-36)16-6-8-29(2)30(3)54(49,50)44-41(48)32-10-14-40(53-26-34)39(47)23-32/h6,10-12,14,16,22-23,29-30,33-34,36,38H,5,7-9,13,15,17-21,24-28H2,1-4H3,(H,44,48)/b16-6+. The number of hydrogen-bond acceptors (Lipinski definition) is 9. The van der Waals surface area contributed by atoms with Crippen LogP contribution in [0.2, 0.25) is 5.02 Å². The molecule has 7 atom stereocenters. The Morgan fingerprint density at radius 3 is 2.54 bits per heavy atom. The zero-order valence-electron chi connectivity index (χ0n) is 32.5. The summed E-state index contributed by atoms with van der Waals surface area (Å²) in [5.74, 6) is 0.512. The Kier molecular flexibility index (Phi) is 12.3. The molecule has 3 fully saturated rings. The van der Waals surface area contributed by atoms with E-state index in [1.807, 2.05) is 32.2 Å². The molecule has 296 valence electrons. The topological polar surface area (TPSA) is 101 Å². The molecule has 0 spiro atoms. The van der Waals surface area contributed by atoms with Crippen LogP contribution in [0, 0.1) is 17.8 Å². The number of halogens is 1. The van der Waals surface area contributed by atoms with E-state index in [1.165, 1.54) is 11.1 Å². The second-order valence-corrected chi connectivity index (χ2v) is 18.9. The molecule has 2 saturated heterocycles. The van der Waals surface area contributed by atoms with Gasteiger partial charge in [-0.15, -0.1) is 0 Å². The molecular formula is C42H59ClN4O6S. The van der Waals surface area contributed by atoms with Crippen LogP contribution in [0.4, 0.5) is 5.69 Å². The van der Waals surface area contributed by atoms with Crippen LogP contribution in [0.25, 0.3) is 0 Å². The van der Waals surface area contributed by atoms with Gasteiger partial charge in [0.25, 0.3) is 5.91 Å². The van der Waals surface area contributed by atoms with E-state index in [0.29, 0.717) is 42.8 Å². The maximum absolute atomic E-state index is 13.6. The smallest absolute Gasteiger partial charge is 0.264 e. The molecule has 2 aromatic carbocycles. The summed E-state index contributed by atoms with van der Waals surface area (Å²) in [6.07, 6.45) is 10.1. The van der Waals surface area contributed by atoms with Gasteiger partial charge in [0.2, 0.25) is 10.0 Å². The van der Waals surface area contributed by atoms with E-state index in [-0.39, 0.29) is 17.8 Å². The first kappa shape index (κ1) is 39.6. The van der Waals surface area contributed by atoms with Gasteiger partial charge in [-0.2, -0.15) is 0 Å². The van der Waals surface area contributed by atoms with Crippen molar-refractivity contribution < 1.29 is 27.4 Å². The SMILES string of the molecule is CCCc1cc(Cl)ccc1C1COc2ccc3cc2N(C1)CC1CCC1C(CN1CCN(C2CCOC2)CC1)(OC)/C=C/CC(C)C(C)S(=O)(=O)NC3=O. The lowest BCUT2D eigenvalue weighted by Crippen LogP contribution is -2.59. The van der Waals surface area contributed by atoms with Crippen molar-refractivity contribution in [1.29, 1.82) is 0 Å². The van der Waals surface area contributed by atoms with Gasteiger partial charge < -0.3 is 19.1 Å². The number of allylic oxidation sites excluding steroid dienone is 1. The number of carbonyl (C=O) groups is 1. The number of ether oxygens (including phenoxy) is 3. The van der Waals surface area contributed by atoms with E-state index in [9.17, 15) is 13.2 Å². The summed E-state index contributed by atoms with van der Waals surface area (Å²) in [5, 5.41) is -0.0484. The van der Waals surface area contributed by atoms with Crippen LogP contribution in [0.1, 0.15) is 80.3 Å². The second-order valence-electron chi connectivity index (χ2n) is 16.4. The van der Waals surface area contributed by atoms with Crippen molar-refractivity contribution in [2.45, 2.75) is 82.1 Å². The minimum atomic E-state index is -3.96. The van der Waals surface area contributed by atoms with Gasteiger partial charge in [-0.1, -0.05) is 50.1 Å². The molecule has 4 aliphatic heterocycles. The maximum Gasteiger partial charge on any atom is 0.264 e. The number of fused-ring (bicyclic) bond motifs is 2. The van der Waals surface area contributed by atoms with Gasteiger partial charge in [-0.05, 0) is 98.2 Å². The molecule has 2 bridgehead atoms. The number of nitrogens with zero attached hydrogens (tertiary/aromatic N) is 3. The third-order valence-corrected chi connectivity index (χ3v) is 15.3. The number of carbonyl (C=O) groups excluding carboxylic acids is 1. The van der Waals surface area contributed by atoms with E-state index in [0.717, 1.165) is 95.3 Å². The molecule has 2 aromatic rings. The first-order valence-electron chi connectivity index (χ1n) is 20.1. The monoisotopic (exact) mass is 782 g/mol. The fourth-order valence-electron chi connectivity index (χ4n) is 9.45. The van der Waals surface area contributed by atoms with Crippen molar-refractivity contribution in [3.05, 3.63) is 70.3 Å². The summed E-state index contributed by atoms with van der Waals surface area (Å²) in [6.45, 7) is 14.2. The van der Waals surface area contributed by atoms with E-state index in [4.69, 9.17) is 25.8 Å². The number of amides is 1. The zero-order valence-corrected chi connectivity index (χ0v) is 34.0. The van der Waals surface area contributed by atoms with Gasteiger partial charge >= 0.3 is 0 Å². The minimum Gasteiger partial charge on any atom is -0.491 e. The highest BCUT2D eigenvalue weighted by Gasteiger charge is 2.49.